The number of hydrogen-bond donors (Lipinski definition) is 1. The predicted octanol–water partition coefficient (Wildman–Crippen LogP) is 1.23. The summed E-state index contributed by atoms with van der Waals surface area (Å²) in [5, 5.41) is 0. The van der Waals surface area contributed by atoms with Crippen LogP contribution in [0.4, 0.5) is 5.95 Å². The van der Waals surface area contributed by atoms with Crippen LogP contribution in [0.5, 0.6) is 0 Å². The first-order chi connectivity index (χ1) is 8.67. The van der Waals surface area contributed by atoms with Crippen molar-refractivity contribution in [2.24, 2.45) is 5.73 Å². The van der Waals surface area contributed by atoms with Crippen molar-refractivity contribution in [2.45, 2.75) is 33.2 Å². The van der Waals surface area contributed by atoms with Gasteiger partial charge in [-0.15, -0.1) is 0 Å². The minimum Gasteiger partial charge on any atom is -0.380 e. The molecule has 5 nitrogen and oxygen atoms in total. The summed E-state index contributed by atoms with van der Waals surface area (Å²) in [5.41, 5.74) is 6.83. The average Bonchev–Trinajstić information content (AvgIpc) is 2.35. The van der Waals surface area contributed by atoms with Crippen molar-refractivity contribution in [3.63, 3.8) is 0 Å². The Morgan fingerprint density at radius 1 is 1.33 bits per heavy atom. The van der Waals surface area contributed by atoms with E-state index in [0.717, 1.165) is 37.6 Å². The summed E-state index contributed by atoms with van der Waals surface area (Å²) in [6.45, 7) is 9.20. The first kappa shape index (κ1) is 14.9. The highest BCUT2D eigenvalue weighted by atomic mass is 16.5. The normalized spacial score (nSPS) is 12.4. The summed E-state index contributed by atoms with van der Waals surface area (Å²) in [6.07, 6.45) is 4.52. The Hall–Kier alpha value is -1.20. The Balaban J connectivity index is 2.57. The summed E-state index contributed by atoms with van der Waals surface area (Å²) in [5.74, 6) is 0.755. The highest BCUT2D eigenvalue weighted by molar-refractivity contribution is 5.29. The molecule has 1 aromatic heterocycles. The third-order valence-electron chi connectivity index (χ3n) is 2.62. The van der Waals surface area contributed by atoms with Gasteiger partial charge in [-0.2, -0.15) is 0 Å². The quantitative estimate of drug-likeness (QED) is 0.705. The summed E-state index contributed by atoms with van der Waals surface area (Å²) < 4.78 is 5.35. The van der Waals surface area contributed by atoms with Crippen molar-refractivity contribution >= 4 is 5.95 Å². The molecule has 0 bridgehead atoms. The molecule has 0 amide bonds. The van der Waals surface area contributed by atoms with Gasteiger partial charge in [-0.3, -0.25) is 0 Å². The summed E-state index contributed by atoms with van der Waals surface area (Å²) in [6, 6.07) is 0.139. The minimum absolute atomic E-state index is 0.139. The number of hydrogen-bond acceptors (Lipinski definition) is 5. The highest BCUT2D eigenvalue weighted by Gasteiger charge is 2.07. The molecule has 18 heavy (non-hydrogen) atoms. The first-order valence-electron chi connectivity index (χ1n) is 6.56. The Kier molecular flexibility index (Phi) is 6.60. The SMILES string of the molecule is CCOCCN(CC)c1ncc(CC(C)N)cn1. The zero-order valence-corrected chi connectivity index (χ0v) is 11.6. The zero-order valence-electron chi connectivity index (χ0n) is 11.6. The topological polar surface area (TPSA) is 64.3 Å². The second kappa shape index (κ2) is 8.00. The average molecular weight is 252 g/mol. The van der Waals surface area contributed by atoms with Gasteiger partial charge in [-0.05, 0) is 32.8 Å². The summed E-state index contributed by atoms with van der Waals surface area (Å²) in [7, 11) is 0. The molecule has 5 heteroatoms. The van der Waals surface area contributed by atoms with E-state index in [9.17, 15) is 0 Å². The number of nitrogens with two attached hydrogens (primary N) is 1. The lowest BCUT2D eigenvalue weighted by Gasteiger charge is -2.20. The largest absolute Gasteiger partial charge is 0.380 e. The fourth-order valence-electron chi connectivity index (χ4n) is 1.71. The van der Waals surface area contributed by atoms with Gasteiger partial charge in [0.25, 0.3) is 0 Å². The molecule has 0 aromatic carbocycles. The fraction of sp³-hybridized carbons (Fsp3) is 0.692. The molecule has 1 rings (SSSR count). The van der Waals surface area contributed by atoms with Crippen LogP contribution in [0, 0.1) is 0 Å². The lowest BCUT2D eigenvalue weighted by molar-refractivity contribution is 0.153. The van der Waals surface area contributed by atoms with Crippen LogP contribution in [0.25, 0.3) is 0 Å². The van der Waals surface area contributed by atoms with Crippen molar-refractivity contribution in [1.82, 2.24) is 9.97 Å². The van der Waals surface area contributed by atoms with Crippen LogP contribution in [0.2, 0.25) is 0 Å². The highest BCUT2D eigenvalue weighted by Crippen LogP contribution is 2.07. The fourth-order valence-corrected chi connectivity index (χ4v) is 1.71. The number of likely N-dealkylation sites (N-methyl/N-ethyl adjacent to an activating group) is 1. The molecule has 0 spiro atoms. The van der Waals surface area contributed by atoms with E-state index in [1.807, 2.05) is 26.2 Å². The van der Waals surface area contributed by atoms with Gasteiger partial charge in [-0.25, -0.2) is 9.97 Å². The monoisotopic (exact) mass is 252 g/mol. The maximum absolute atomic E-state index is 5.75. The predicted molar refractivity (Wildman–Crippen MR) is 73.8 cm³/mol. The van der Waals surface area contributed by atoms with Crippen molar-refractivity contribution in [3.05, 3.63) is 18.0 Å². The van der Waals surface area contributed by atoms with E-state index >= 15 is 0 Å². The molecule has 0 saturated carbocycles. The van der Waals surface area contributed by atoms with Gasteiger partial charge in [0.2, 0.25) is 5.95 Å². The number of ether oxygens (including phenoxy) is 1. The molecule has 0 aliphatic rings. The molecule has 1 unspecified atom stereocenters. The summed E-state index contributed by atoms with van der Waals surface area (Å²) in [4.78, 5) is 10.9. The molecule has 1 aromatic rings. The molecule has 102 valence electrons. The van der Waals surface area contributed by atoms with Gasteiger partial charge < -0.3 is 15.4 Å². The molecule has 0 radical (unpaired) electrons. The van der Waals surface area contributed by atoms with Gasteiger partial charge in [0.1, 0.15) is 0 Å². The third kappa shape index (κ3) is 4.98. The Morgan fingerprint density at radius 2 is 2.00 bits per heavy atom. The lowest BCUT2D eigenvalue weighted by atomic mass is 10.1. The van der Waals surface area contributed by atoms with Gasteiger partial charge in [0.15, 0.2) is 0 Å². The molecule has 1 heterocycles. The van der Waals surface area contributed by atoms with Crippen LogP contribution in [0.1, 0.15) is 26.3 Å². The molecular formula is C13H24N4O. The van der Waals surface area contributed by atoms with Crippen LogP contribution < -0.4 is 10.6 Å². The van der Waals surface area contributed by atoms with E-state index in [1.165, 1.54) is 0 Å². The first-order valence-corrected chi connectivity index (χ1v) is 6.56. The van der Waals surface area contributed by atoms with Crippen molar-refractivity contribution in [3.8, 4) is 0 Å². The van der Waals surface area contributed by atoms with Crippen molar-refractivity contribution in [1.29, 1.82) is 0 Å². The van der Waals surface area contributed by atoms with Gasteiger partial charge in [0.05, 0.1) is 6.61 Å². The molecule has 0 fully saturated rings. The molecular weight excluding hydrogens is 228 g/mol. The maximum atomic E-state index is 5.75. The van der Waals surface area contributed by atoms with Gasteiger partial charge in [-0.1, -0.05) is 0 Å². The summed E-state index contributed by atoms with van der Waals surface area (Å²) >= 11 is 0. The van der Waals surface area contributed by atoms with Crippen LogP contribution in [0.3, 0.4) is 0 Å². The number of nitrogens with zero attached hydrogens (tertiary/aromatic N) is 3. The van der Waals surface area contributed by atoms with Crippen molar-refractivity contribution in [2.75, 3.05) is 31.2 Å². The smallest absolute Gasteiger partial charge is 0.225 e. The van der Waals surface area contributed by atoms with Crippen LogP contribution in [-0.4, -0.2) is 42.3 Å². The molecule has 0 aliphatic carbocycles. The van der Waals surface area contributed by atoms with E-state index in [4.69, 9.17) is 10.5 Å². The lowest BCUT2D eigenvalue weighted by Crippen LogP contribution is -2.29. The van der Waals surface area contributed by atoms with E-state index < -0.39 is 0 Å². The van der Waals surface area contributed by atoms with Gasteiger partial charge >= 0.3 is 0 Å². The van der Waals surface area contributed by atoms with E-state index in [0.29, 0.717) is 6.61 Å². The number of aromatic nitrogens is 2. The molecule has 0 saturated heterocycles. The van der Waals surface area contributed by atoms with Crippen molar-refractivity contribution < 1.29 is 4.74 Å². The Labute approximate surface area is 109 Å². The Bertz CT molecular complexity index is 326. The number of anilines is 1. The molecule has 0 aliphatic heterocycles. The van der Waals surface area contributed by atoms with Crippen LogP contribution in [0.15, 0.2) is 12.4 Å². The van der Waals surface area contributed by atoms with Crippen LogP contribution >= 0.6 is 0 Å². The van der Waals surface area contributed by atoms with E-state index in [-0.39, 0.29) is 6.04 Å². The van der Waals surface area contributed by atoms with E-state index in [2.05, 4.69) is 21.8 Å². The molecule has 1 atom stereocenters. The second-order valence-electron chi connectivity index (χ2n) is 4.35. The second-order valence-corrected chi connectivity index (χ2v) is 4.35. The van der Waals surface area contributed by atoms with E-state index in [1.54, 1.807) is 0 Å². The zero-order chi connectivity index (χ0) is 13.4. The van der Waals surface area contributed by atoms with Gasteiger partial charge in [0, 0.05) is 38.1 Å². The minimum atomic E-state index is 0.139. The maximum Gasteiger partial charge on any atom is 0.225 e. The number of rotatable bonds is 8. The standard InChI is InChI=1S/C13H24N4O/c1-4-17(6-7-18-5-2)13-15-9-12(10-16-13)8-11(3)14/h9-11H,4-8,14H2,1-3H3. The molecule has 2 N–H and O–H groups in total. The third-order valence-corrected chi connectivity index (χ3v) is 2.62. The Morgan fingerprint density at radius 3 is 2.50 bits per heavy atom. The van der Waals surface area contributed by atoms with Crippen LogP contribution in [-0.2, 0) is 11.2 Å².